The molecule has 0 radical (unpaired) electrons. The fourth-order valence-corrected chi connectivity index (χ4v) is 3.92. The van der Waals surface area contributed by atoms with Crippen LogP contribution >= 0.6 is 0 Å². The molecule has 26 heavy (non-hydrogen) atoms. The zero-order valence-electron chi connectivity index (χ0n) is 15.7. The van der Waals surface area contributed by atoms with Crippen LogP contribution in [0.2, 0.25) is 0 Å². The molecular weight excluding hydrogens is 332 g/mol. The highest BCUT2D eigenvalue weighted by atomic mass is 16.3. The van der Waals surface area contributed by atoms with Gasteiger partial charge in [-0.25, -0.2) is 4.79 Å². The van der Waals surface area contributed by atoms with E-state index in [1.165, 1.54) is 25.4 Å². The number of carbonyl (C=O) groups is 2. The molecule has 1 N–H and O–H groups in total. The van der Waals surface area contributed by atoms with Crippen molar-refractivity contribution < 1.29 is 14.0 Å². The quantitative estimate of drug-likeness (QED) is 0.890. The minimum absolute atomic E-state index is 0.00997. The van der Waals surface area contributed by atoms with Crippen molar-refractivity contribution in [2.75, 3.05) is 45.8 Å². The van der Waals surface area contributed by atoms with Crippen LogP contribution in [0.25, 0.3) is 0 Å². The predicted octanol–water partition coefficient (Wildman–Crippen LogP) is 2.01. The normalized spacial score (nSPS) is 22.1. The van der Waals surface area contributed by atoms with Crippen LogP contribution in [0.15, 0.2) is 23.0 Å². The highest BCUT2D eigenvalue weighted by Gasteiger charge is 2.25. The van der Waals surface area contributed by atoms with Crippen molar-refractivity contribution >= 4 is 11.9 Å². The van der Waals surface area contributed by atoms with Crippen LogP contribution in [0.5, 0.6) is 0 Å². The number of furan rings is 1. The van der Waals surface area contributed by atoms with Crippen molar-refractivity contribution in [2.24, 2.45) is 0 Å². The molecule has 1 atom stereocenters. The van der Waals surface area contributed by atoms with Crippen LogP contribution in [0, 0.1) is 0 Å². The van der Waals surface area contributed by atoms with Crippen molar-refractivity contribution in [1.82, 2.24) is 20.0 Å². The molecule has 0 spiro atoms. The van der Waals surface area contributed by atoms with Gasteiger partial charge in [0, 0.05) is 38.8 Å². The number of nitrogens with zero attached hydrogens (tertiary/aromatic N) is 3. The van der Waals surface area contributed by atoms with Gasteiger partial charge in [0.05, 0.1) is 11.8 Å². The molecule has 7 nitrogen and oxygen atoms in total. The van der Waals surface area contributed by atoms with Gasteiger partial charge in [0.25, 0.3) is 5.91 Å². The molecule has 144 valence electrons. The third kappa shape index (κ3) is 4.58. The topological polar surface area (TPSA) is 69.0 Å². The van der Waals surface area contributed by atoms with E-state index in [1.54, 1.807) is 11.0 Å². The molecule has 0 aliphatic carbocycles. The van der Waals surface area contributed by atoms with Gasteiger partial charge in [-0.05, 0) is 38.4 Å². The third-order valence-electron chi connectivity index (χ3n) is 5.48. The van der Waals surface area contributed by atoms with Crippen molar-refractivity contribution in [3.8, 4) is 0 Å². The fourth-order valence-electron chi connectivity index (χ4n) is 3.92. The van der Waals surface area contributed by atoms with Gasteiger partial charge in [-0.2, -0.15) is 0 Å². The maximum absolute atomic E-state index is 12.6. The van der Waals surface area contributed by atoms with E-state index in [0.29, 0.717) is 44.3 Å². The van der Waals surface area contributed by atoms with E-state index in [1.807, 2.05) is 4.90 Å². The Morgan fingerprint density at radius 1 is 1.12 bits per heavy atom. The van der Waals surface area contributed by atoms with Crippen molar-refractivity contribution in [3.63, 3.8) is 0 Å². The summed E-state index contributed by atoms with van der Waals surface area (Å²) in [5, 5.41) is 3.11. The molecule has 0 unspecified atom stereocenters. The zero-order chi connectivity index (χ0) is 18.4. The molecule has 2 saturated heterocycles. The summed E-state index contributed by atoms with van der Waals surface area (Å²) in [6.07, 6.45) is 7.43. The molecule has 3 rings (SSSR count). The second kappa shape index (κ2) is 9.07. The Morgan fingerprint density at radius 2 is 1.92 bits per heavy atom. The lowest BCUT2D eigenvalue weighted by atomic mass is 10.0. The number of carbonyl (C=O) groups excluding carboxylic acids is 2. The Morgan fingerprint density at radius 3 is 2.69 bits per heavy atom. The van der Waals surface area contributed by atoms with Gasteiger partial charge in [-0.3, -0.25) is 9.69 Å². The molecule has 7 heteroatoms. The highest BCUT2D eigenvalue weighted by molar-refractivity contribution is 5.93. The summed E-state index contributed by atoms with van der Waals surface area (Å²) in [7, 11) is 0. The maximum Gasteiger partial charge on any atom is 0.317 e. The first-order valence-electron chi connectivity index (χ1n) is 9.77. The Kier molecular flexibility index (Phi) is 6.55. The number of likely N-dealkylation sites (tertiary alicyclic amines) is 1. The minimum atomic E-state index is -0.0261. The first kappa shape index (κ1) is 18.8. The van der Waals surface area contributed by atoms with Gasteiger partial charge in [-0.1, -0.05) is 13.3 Å². The minimum Gasteiger partial charge on any atom is -0.472 e. The number of urea groups is 1. The molecular formula is C19H30N4O3. The molecule has 1 aromatic rings. The monoisotopic (exact) mass is 362 g/mol. The van der Waals surface area contributed by atoms with E-state index >= 15 is 0 Å². The van der Waals surface area contributed by atoms with E-state index in [2.05, 4.69) is 17.1 Å². The molecule has 0 saturated carbocycles. The molecule has 3 heterocycles. The van der Waals surface area contributed by atoms with Gasteiger partial charge in [0.15, 0.2) is 0 Å². The smallest absolute Gasteiger partial charge is 0.317 e. The summed E-state index contributed by atoms with van der Waals surface area (Å²) in [5.74, 6) is -0.0261. The lowest BCUT2D eigenvalue weighted by molar-refractivity contribution is 0.0761. The van der Waals surface area contributed by atoms with Crippen molar-refractivity contribution in [3.05, 3.63) is 24.2 Å². The van der Waals surface area contributed by atoms with Gasteiger partial charge < -0.3 is 19.5 Å². The molecule has 2 aliphatic rings. The molecule has 1 aromatic heterocycles. The van der Waals surface area contributed by atoms with Crippen LogP contribution in [0.4, 0.5) is 4.79 Å². The molecule has 0 bridgehead atoms. The zero-order valence-corrected chi connectivity index (χ0v) is 15.7. The summed E-state index contributed by atoms with van der Waals surface area (Å²) in [5.41, 5.74) is 0.569. The number of likely N-dealkylation sites (N-methyl/N-ethyl adjacent to an activating group) is 1. The average molecular weight is 362 g/mol. The summed E-state index contributed by atoms with van der Waals surface area (Å²) in [6.45, 7) is 7.53. The van der Waals surface area contributed by atoms with Crippen LogP contribution < -0.4 is 5.32 Å². The van der Waals surface area contributed by atoms with Gasteiger partial charge in [-0.15, -0.1) is 0 Å². The Bertz CT molecular complexity index is 590. The molecule has 2 aliphatic heterocycles. The summed E-state index contributed by atoms with van der Waals surface area (Å²) < 4.78 is 5.00. The third-order valence-corrected chi connectivity index (χ3v) is 5.48. The highest BCUT2D eigenvalue weighted by Crippen LogP contribution is 2.16. The van der Waals surface area contributed by atoms with Gasteiger partial charge in [0.1, 0.15) is 6.26 Å². The standard InChI is InChI=1S/C19H30N4O3/c1-2-21-8-4-3-6-17(21)14-20-19(25)23-10-5-9-22(11-12-23)18(24)16-7-13-26-15-16/h7,13,15,17H,2-6,8-12,14H2,1H3,(H,20,25)/t17-/m1/s1. The Labute approximate surface area is 155 Å². The van der Waals surface area contributed by atoms with E-state index in [0.717, 1.165) is 25.9 Å². The molecule has 2 fully saturated rings. The Balaban J connectivity index is 1.47. The first-order valence-corrected chi connectivity index (χ1v) is 9.77. The number of nitrogens with one attached hydrogen (secondary N) is 1. The molecule has 0 aromatic carbocycles. The fraction of sp³-hybridized carbons (Fsp3) is 0.684. The predicted molar refractivity (Wildman–Crippen MR) is 99.1 cm³/mol. The largest absolute Gasteiger partial charge is 0.472 e. The first-order chi connectivity index (χ1) is 12.7. The number of amides is 3. The van der Waals surface area contributed by atoms with Crippen LogP contribution in [-0.2, 0) is 0 Å². The number of hydrogen-bond acceptors (Lipinski definition) is 4. The number of rotatable bonds is 4. The van der Waals surface area contributed by atoms with E-state index < -0.39 is 0 Å². The number of piperidine rings is 1. The van der Waals surface area contributed by atoms with Crippen molar-refractivity contribution in [2.45, 2.75) is 38.6 Å². The SMILES string of the molecule is CCN1CCCC[C@@H]1CNC(=O)N1CCCN(C(=O)c2ccoc2)CC1. The van der Waals surface area contributed by atoms with Gasteiger partial charge >= 0.3 is 6.03 Å². The van der Waals surface area contributed by atoms with Crippen LogP contribution in [0.1, 0.15) is 43.0 Å². The van der Waals surface area contributed by atoms with E-state index in [9.17, 15) is 9.59 Å². The average Bonchev–Trinajstić information content (AvgIpc) is 3.10. The second-order valence-corrected chi connectivity index (χ2v) is 7.11. The van der Waals surface area contributed by atoms with E-state index in [-0.39, 0.29) is 11.9 Å². The summed E-state index contributed by atoms with van der Waals surface area (Å²) in [4.78, 5) is 31.1. The maximum atomic E-state index is 12.6. The van der Waals surface area contributed by atoms with E-state index in [4.69, 9.17) is 4.42 Å². The van der Waals surface area contributed by atoms with Crippen molar-refractivity contribution in [1.29, 1.82) is 0 Å². The summed E-state index contributed by atoms with van der Waals surface area (Å²) in [6, 6.07) is 2.12. The molecule has 3 amide bonds. The summed E-state index contributed by atoms with van der Waals surface area (Å²) >= 11 is 0. The lowest BCUT2D eigenvalue weighted by Crippen LogP contribution is -2.50. The van der Waals surface area contributed by atoms with Crippen LogP contribution in [-0.4, -0.2) is 78.5 Å². The number of hydrogen-bond donors (Lipinski definition) is 1. The Hall–Kier alpha value is -2.02. The second-order valence-electron chi connectivity index (χ2n) is 7.11. The van der Waals surface area contributed by atoms with Gasteiger partial charge in [0.2, 0.25) is 0 Å². The lowest BCUT2D eigenvalue weighted by Gasteiger charge is -2.35. The van der Waals surface area contributed by atoms with Crippen LogP contribution in [0.3, 0.4) is 0 Å².